The van der Waals surface area contributed by atoms with E-state index >= 15 is 0 Å². The average molecular weight is 466 g/mol. The van der Waals surface area contributed by atoms with Crippen molar-refractivity contribution in [2.24, 2.45) is 0 Å². The second-order valence-electron chi connectivity index (χ2n) is 8.28. The van der Waals surface area contributed by atoms with Gasteiger partial charge in [-0.1, -0.05) is 11.8 Å². The number of pyridine rings is 1. The first-order valence-electron chi connectivity index (χ1n) is 11.2. The van der Waals surface area contributed by atoms with Gasteiger partial charge in [0.05, 0.1) is 26.0 Å². The number of aromatic nitrogens is 4. The van der Waals surface area contributed by atoms with E-state index in [2.05, 4.69) is 19.7 Å². The summed E-state index contributed by atoms with van der Waals surface area (Å²) in [4.78, 5) is 19.4. The van der Waals surface area contributed by atoms with Crippen LogP contribution in [0.25, 0.3) is 11.4 Å². The summed E-state index contributed by atoms with van der Waals surface area (Å²) < 4.78 is 13.2. The molecule has 1 atom stereocenters. The zero-order valence-corrected chi connectivity index (χ0v) is 19.6. The van der Waals surface area contributed by atoms with Gasteiger partial charge >= 0.3 is 0 Å². The maximum atomic E-state index is 13.3. The quantitative estimate of drug-likeness (QED) is 0.462. The van der Waals surface area contributed by atoms with E-state index in [9.17, 15) is 4.79 Å². The molecular weight excluding hydrogens is 438 g/mol. The van der Waals surface area contributed by atoms with Gasteiger partial charge in [-0.2, -0.15) is 0 Å². The van der Waals surface area contributed by atoms with Crippen molar-refractivity contribution < 1.29 is 14.3 Å². The van der Waals surface area contributed by atoms with Crippen LogP contribution in [-0.4, -0.2) is 57.1 Å². The van der Waals surface area contributed by atoms with Crippen molar-refractivity contribution in [1.82, 2.24) is 24.6 Å². The van der Waals surface area contributed by atoms with E-state index < -0.39 is 0 Å². The van der Waals surface area contributed by atoms with Crippen LogP contribution in [0.5, 0.6) is 11.5 Å². The monoisotopic (exact) mass is 465 g/mol. The molecule has 2 fully saturated rings. The molecule has 33 heavy (non-hydrogen) atoms. The Morgan fingerprint density at radius 3 is 2.64 bits per heavy atom. The first kappa shape index (κ1) is 21.8. The second kappa shape index (κ2) is 9.43. The molecule has 5 rings (SSSR count). The highest BCUT2D eigenvalue weighted by Gasteiger charge is 2.34. The average Bonchev–Trinajstić information content (AvgIpc) is 3.41. The van der Waals surface area contributed by atoms with E-state index in [4.69, 9.17) is 9.47 Å². The Labute approximate surface area is 197 Å². The molecule has 3 aromatic rings. The number of thioether (sulfide) groups is 1. The molecule has 0 spiro atoms. The van der Waals surface area contributed by atoms with Crippen molar-refractivity contribution in [3.05, 3.63) is 48.3 Å². The normalized spacial score (nSPS) is 17.9. The lowest BCUT2D eigenvalue weighted by atomic mass is 10.0. The minimum Gasteiger partial charge on any atom is -0.497 e. The number of hydrogen-bond acceptors (Lipinski definition) is 7. The molecule has 3 heterocycles. The van der Waals surface area contributed by atoms with Crippen molar-refractivity contribution >= 4 is 17.7 Å². The lowest BCUT2D eigenvalue weighted by Crippen LogP contribution is -2.32. The van der Waals surface area contributed by atoms with E-state index in [1.165, 1.54) is 11.8 Å². The number of carbonyl (C=O) groups is 1. The standard InChI is InChI=1S/C24H27N5O3S/c1-31-18-7-8-21(32-2)19(14-18)20-4-3-13-28(20)22(30)15-33-24-27-26-23(29(24)17-5-6-17)16-9-11-25-12-10-16/h7-12,14,17,20H,3-6,13,15H2,1-2H3/t20-/m1/s1. The number of methoxy groups -OCH3 is 2. The minimum absolute atomic E-state index is 0.0168. The molecule has 1 saturated carbocycles. The Hall–Kier alpha value is -3.07. The summed E-state index contributed by atoms with van der Waals surface area (Å²) in [5.74, 6) is 2.81. The molecule has 0 N–H and O–H groups in total. The van der Waals surface area contributed by atoms with Crippen LogP contribution < -0.4 is 9.47 Å². The summed E-state index contributed by atoms with van der Waals surface area (Å²) in [7, 11) is 3.31. The van der Waals surface area contributed by atoms with Gasteiger partial charge in [-0.3, -0.25) is 14.3 Å². The van der Waals surface area contributed by atoms with E-state index in [1.807, 2.05) is 35.2 Å². The zero-order valence-electron chi connectivity index (χ0n) is 18.8. The molecule has 0 bridgehead atoms. The fraction of sp³-hybridized carbons (Fsp3) is 0.417. The van der Waals surface area contributed by atoms with Gasteiger partial charge in [-0.15, -0.1) is 10.2 Å². The Morgan fingerprint density at radius 1 is 1.09 bits per heavy atom. The van der Waals surface area contributed by atoms with E-state index in [-0.39, 0.29) is 11.9 Å². The van der Waals surface area contributed by atoms with Crippen molar-refractivity contribution in [3.63, 3.8) is 0 Å². The van der Waals surface area contributed by atoms with Crippen molar-refractivity contribution in [2.75, 3.05) is 26.5 Å². The molecule has 2 aromatic heterocycles. The topological polar surface area (TPSA) is 82.4 Å². The Morgan fingerprint density at radius 2 is 1.91 bits per heavy atom. The Kier molecular flexibility index (Phi) is 6.22. The summed E-state index contributed by atoms with van der Waals surface area (Å²) in [6.07, 6.45) is 7.62. The third-order valence-electron chi connectivity index (χ3n) is 6.21. The van der Waals surface area contributed by atoms with E-state index in [0.29, 0.717) is 11.8 Å². The van der Waals surface area contributed by atoms with Crippen LogP contribution in [0, 0.1) is 0 Å². The van der Waals surface area contributed by atoms with Crippen LogP contribution in [0.15, 0.2) is 47.9 Å². The first-order valence-corrected chi connectivity index (χ1v) is 12.2. The van der Waals surface area contributed by atoms with Crippen molar-refractivity contribution in [3.8, 4) is 22.9 Å². The van der Waals surface area contributed by atoms with Crippen LogP contribution in [0.2, 0.25) is 0 Å². The molecule has 1 aliphatic heterocycles. The largest absolute Gasteiger partial charge is 0.497 e. The number of likely N-dealkylation sites (tertiary alicyclic amines) is 1. The van der Waals surface area contributed by atoms with Gasteiger partial charge in [0.25, 0.3) is 0 Å². The molecule has 1 amide bonds. The number of nitrogens with zero attached hydrogens (tertiary/aromatic N) is 5. The first-order chi connectivity index (χ1) is 16.2. The molecule has 1 aromatic carbocycles. The molecule has 9 heteroatoms. The predicted octanol–water partition coefficient (Wildman–Crippen LogP) is 4.15. The zero-order chi connectivity index (χ0) is 22.8. The molecular formula is C24H27N5O3S. The molecule has 172 valence electrons. The van der Waals surface area contributed by atoms with Crippen LogP contribution in [-0.2, 0) is 4.79 Å². The van der Waals surface area contributed by atoms with Gasteiger partial charge in [-0.25, -0.2) is 0 Å². The third-order valence-corrected chi connectivity index (χ3v) is 7.14. The summed E-state index contributed by atoms with van der Waals surface area (Å²) >= 11 is 1.47. The highest BCUT2D eigenvalue weighted by atomic mass is 32.2. The Balaban J connectivity index is 1.33. The maximum absolute atomic E-state index is 13.3. The van der Waals surface area contributed by atoms with Crippen LogP contribution >= 0.6 is 11.8 Å². The molecule has 8 nitrogen and oxygen atoms in total. The highest BCUT2D eigenvalue weighted by Crippen LogP contribution is 2.42. The van der Waals surface area contributed by atoms with Gasteiger partial charge in [0, 0.05) is 36.1 Å². The van der Waals surface area contributed by atoms with Gasteiger partial charge in [0.2, 0.25) is 5.91 Å². The molecule has 2 aliphatic rings. The van der Waals surface area contributed by atoms with Gasteiger partial charge in [-0.05, 0) is 56.0 Å². The van der Waals surface area contributed by atoms with Crippen molar-refractivity contribution in [1.29, 1.82) is 0 Å². The summed E-state index contributed by atoms with van der Waals surface area (Å²) in [6, 6.07) is 10.0. The SMILES string of the molecule is COc1ccc(OC)c([C@H]2CCCN2C(=O)CSc2nnc(-c3ccncc3)n2C2CC2)c1. The van der Waals surface area contributed by atoms with Crippen LogP contribution in [0.4, 0.5) is 0 Å². The fourth-order valence-electron chi connectivity index (χ4n) is 4.43. The molecule has 1 aliphatic carbocycles. The second-order valence-corrected chi connectivity index (χ2v) is 9.23. The van der Waals surface area contributed by atoms with Crippen molar-refractivity contribution in [2.45, 2.75) is 42.9 Å². The Bertz CT molecular complexity index is 1130. The van der Waals surface area contributed by atoms with Gasteiger partial charge in [0.15, 0.2) is 11.0 Å². The van der Waals surface area contributed by atoms with E-state index in [1.54, 1.807) is 26.6 Å². The van der Waals surface area contributed by atoms with Crippen LogP contribution in [0.1, 0.15) is 43.3 Å². The van der Waals surface area contributed by atoms with Crippen LogP contribution in [0.3, 0.4) is 0 Å². The number of amides is 1. The number of ether oxygens (including phenoxy) is 2. The smallest absolute Gasteiger partial charge is 0.233 e. The number of rotatable bonds is 8. The third kappa shape index (κ3) is 4.42. The summed E-state index contributed by atoms with van der Waals surface area (Å²) in [5, 5.41) is 9.66. The lowest BCUT2D eigenvalue weighted by molar-refractivity contribution is -0.129. The number of benzene rings is 1. The molecule has 1 saturated heterocycles. The molecule has 0 radical (unpaired) electrons. The minimum atomic E-state index is -0.0168. The summed E-state index contributed by atoms with van der Waals surface area (Å²) in [6.45, 7) is 0.738. The van der Waals surface area contributed by atoms with Gasteiger partial charge in [0.1, 0.15) is 11.5 Å². The predicted molar refractivity (Wildman–Crippen MR) is 125 cm³/mol. The lowest BCUT2D eigenvalue weighted by Gasteiger charge is -2.26. The van der Waals surface area contributed by atoms with Gasteiger partial charge < -0.3 is 14.4 Å². The fourth-order valence-corrected chi connectivity index (χ4v) is 5.32. The molecule has 0 unspecified atom stereocenters. The number of carbonyl (C=O) groups excluding carboxylic acids is 1. The highest BCUT2D eigenvalue weighted by molar-refractivity contribution is 7.99. The number of hydrogen-bond donors (Lipinski definition) is 0. The maximum Gasteiger partial charge on any atom is 0.233 e. The summed E-state index contributed by atoms with van der Waals surface area (Å²) in [5.41, 5.74) is 1.99. The van der Waals surface area contributed by atoms with E-state index in [0.717, 1.165) is 65.8 Å².